The fourth-order valence-corrected chi connectivity index (χ4v) is 2.03. The quantitative estimate of drug-likeness (QED) is 0.341. The monoisotopic (exact) mass is 264 g/mol. The van der Waals surface area contributed by atoms with Crippen LogP contribution in [0.1, 0.15) is 72.6 Å². The summed E-state index contributed by atoms with van der Waals surface area (Å²) in [7, 11) is 0. The van der Waals surface area contributed by atoms with Crippen molar-refractivity contribution in [2.75, 3.05) is 0 Å². The molecule has 1 heteroatoms. The fraction of sp³-hybridized carbons (Fsp3) is 0.722. The van der Waals surface area contributed by atoms with E-state index in [4.69, 9.17) is 0 Å². The Hall–Kier alpha value is -0.850. The highest BCUT2D eigenvalue weighted by Gasteiger charge is 2.30. The molecule has 0 fully saturated rings. The normalized spacial score (nSPS) is 26.0. The van der Waals surface area contributed by atoms with Crippen molar-refractivity contribution in [1.29, 1.82) is 0 Å². The SMILES string of the molecule is CC1C=CCCC1(C)C=O.CCC/C=C/CCCC. The Bertz CT molecular complexity index is 277. The first kappa shape index (κ1) is 18.1. The summed E-state index contributed by atoms with van der Waals surface area (Å²) in [5.41, 5.74) is -0.0885. The molecule has 0 N–H and O–H groups in total. The molecule has 0 aromatic carbocycles. The van der Waals surface area contributed by atoms with Gasteiger partial charge in [-0.2, -0.15) is 0 Å². The molecule has 0 aliphatic heterocycles. The van der Waals surface area contributed by atoms with Crippen LogP contribution >= 0.6 is 0 Å². The Morgan fingerprint density at radius 1 is 1.21 bits per heavy atom. The summed E-state index contributed by atoms with van der Waals surface area (Å²) in [5, 5.41) is 0. The van der Waals surface area contributed by atoms with Crippen LogP contribution in [0.15, 0.2) is 24.3 Å². The molecule has 0 saturated carbocycles. The molecule has 19 heavy (non-hydrogen) atoms. The molecular weight excluding hydrogens is 232 g/mol. The van der Waals surface area contributed by atoms with Crippen molar-refractivity contribution >= 4 is 6.29 Å². The second-order valence-corrected chi connectivity index (χ2v) is 5.78. The highest BCUT2D eigenvalue weighted by Crippen LogP contribution is 2.34. The van der Waals surface area contributed by atoms with Crippen molar-refractivity contribution in [3.05, 3.63) is 24.3 Å². The van der Waals surface area contributed by atoms with Gasteiger partial charge < -0.3 is 4.79 Å². The molecule has 0 saturated heterocycles. The number of hydrogen-bond acceptors (Lipinski definition) is 1. The summed E-state index contributed by atoms with van der Waals surface area (Å²) < 4.78 is 0. The van der Waals surface area contributed by atoms with Crippen molar-refractivity contribution in [3.8, 4) is 0 Å². The largest absolute Gasteiger partial charge is 0.303 e. The van der Waals surface area contributed by atoms with E-state index in [1.165, 1.54) is 32.1 Å². The number of allylic oxidation sites excluding steroid dienone is 4. The number of carbonyl (C=O) groups is 1. The zero-order valence-electron chi connectivity index (χ0n) is 13.3. The molecule has 0 aromatic heterocycles. The van der Waals surface area contributed by atoms with E-state index in [0.717, 1.165) is 19.1 Å². The van der Waals surface area contributed by atoms with E-state index in [1.807, 2.05) is 6.92 Å². The third kappa shape index (κ3) is 8.02. The van der Waals surface area contributed by atoms with E-state index in [0.29, 0.717) is 5.92 Å². The van der Waals surface area contributed by atoms with Crippen LogP contribution in [0.2, 0.25) is 0 Å². The molecule has 0 amide bonds. The van der Waals surface area contributed by atoms with Crippen LogP contribution in [0.5, 0.6) is 0 Å². The molecule has 1 aliphatic rings. The van der Waals surface area contributed by atoms with Crippen LogP contribution in [0.25, 0.3) is 0 Å². The second kappa shape index (κ2) is 11.0. The van der Waals surface area contributed by atoms with Gasteiger partial charge in [-0.3, -0.25) is 0 Å². The molecule has 2 unspecified atom stereocenters. The Kier molecular flexibility index (Phi) is 10.5. The Morgan fingerprint density at radius 2 is 1.89 bits per heavy atom. The van der Waals surface area contributed by atoms with Crippen LogP contribution < -0.4 is 0 Å². The van der Waals surface area contributed by atoms with Crippen LogP contribution in [0.4, 0.5) is 0 Å². The number of rotatable bonds is 6. The lowest BCUT2D eigenvalue weighted by Crippen LogP contribution is -2.27. The third-order valence-corrected chi connectivity index (χ3v) is 3.93. The van der Waals surface area contributed by atoms with Gasteiger partial charge in [0.1, 0.15) is 6.29 Å². The maximum absolute atomic E-state index is 10.7. The fourth-order valence-electron chi connectivity index (χ4n) is 2.03. The second-order valence-electron chi connectivity index (χ2n) is 5.78. The highest BCUT2D eigenvalue weighted by atomic mass is 16.1. The average molecular weight is 264 g/mol. The lowest BCUT2D eigenvalue weighted by Gasteiger charge is -2.30. The van der Waals surface area contributed by atoms with Crippen molar-refractivity contribution in [3.63, 3.8) is 0 Å². The maximum Gasteiger partial charge on any atom is 0.126 e. The third-order valence-electron chi connectivity index (χ3n) is 3.93. The molecule has 2 atom stereocenters. The van der Waals surface area contributed by atoms with Crippen LogP contribution in [0, 0.1) is 11.3 Å². The Balaban J connectivity index is 0.000000344. The first-order valence-electron chi connectivity index (χ1n) is 7.88. The van der Waals surface area contributed by atoms with Gasteiger partial charge in [-0.1, -0.05) is 71.3 Å². The first-order valence-corrected chi connectivity index (χ1v) is 7.88. The van der Waals surface area contributed by atoms with Gasteiger partial charge in [0.25, 0.3) is 0 Å². The van der Waals surface area contributed by atoms with Gasteiger partial charge >= 0.3 is 0 Å². The smallest absolute Gasteiger partial charge is 0.126 e. The minimum absolute atomic E-state index is 0.0885. The zero-order chi connectivity index (χ0) is 14.6. The van der Waals surface area contributed by atoms with Crippen LogP contribution in [-0.2, 0) is 4.79 Å². The summed E-state index contributed by atoms with van der Waals surface area (Å²) in [6.45, 7) is 8.58. The maximum atomic E-state index is 10.7. The van der Waals surface area contributed by atoms with Crippen LogP contribution in [0.3, 0.4) is 0 Å². The van der Waals surface area contributed by atoms with Gasteiger partial charge in [0.15, 0.2) is 0 Å². The van der Waals surface area contributed by atoms with Crippen molar-refractivity contribution in [2.24, 2.45) is 11.3 Å². The molecule has 110 valence electrons. The van der Waals surface area contributed by atoms with Gasteiger partial charge in [0.05, 0.1) is 0 Å². The molecular formula is C18H32O. The number of hydrogen-bond donors (Lipinski definition) is 0. The molecule has 0 radical (unpaired) electrons. The summed E-state index contributed by atoms with van der Waals surface area (Å²) >= 11 is 0. The number of carbonyl (C=O) groups excluding carboxylic acids is 1. The minimum Gasteiger partial charge on any atom is -0.303 e. The summed E-state index contributed by atoms with van der Waals surface area (Å²) in [6, 6.07) is 0. The first-order chi connectivity index (χ1) is 9.10. The van der Waals surface area contributed by atoms with Crippen LogP contribution in [-0.4, -0.2) is 6.29 Å². The van der Waals surface area contributed by atoms with Gasteiger partial charge in [-0.15, -0.1) is 0 Å². The highest BCUT2D eigenvalue weighted by molar-refractivity contribution is 5.60. The zero-order valence-corrected chi connectivity index (χ0v) is 13.3. The van der Waals surface area contributed by atoms with Crippen molar-refractivity contribution in [1.82, 2.24) is 0 Å². The predicted molar refractivity (Wildman–Crippen MR) is 85.3 cm³/mol. The molecule has 1 rings (SSSR count). The lowest BCUT2D eigenvalue weighted by atomic mass is 9.73. The minimum atomic E-state index is -0.0885. The summed E-state index contributed by atoms with van der Waals surface area (Å²) in [4.78, 5) is 10.7. The van der Waals surface area contributed by atoms with E-state index in [-0.39, 0.29) is 5.41 Å². The van der Waals surface area contributed by atoms with Gasteiger partial charge in [-0.25, -0.2) is 0 Å². The predicted octanol–water partition coefficient (Wildman–Crippen LogP) is 5.71. The van der Waals surface area contributed by atoms with Gasteiger partial charge in [0.2, 0.25) is 0 Å². The molecule has 0 spiro atoms. The lowest BCUT2D eigenvalue weighted by molar-refractivity contribution is -0.117. The number of unbranched alkanes of at least 4 members (excludes halogenated alkanes) is 3. The van der Waals surface area contributed by atoms with Crippen molar-refractivity contribution in [2.45, 2.75) is 72.6 Å². The summed E-state index contributed by atoms with van der Waals surface area (Å²) in [6.07, 6.45) is 18.5. The van der Waals surface area contributed by atoms with E-state index in [9.17, 15) is 4.79 Å². The van der Waals surface area contributed by atoms with E-state index in [2.05, 4.69) is 45.1 Å². The van der Waals surface area contributed by atoms with E-state index >= 15 is 0 Å². The molecule has 0 bridgehead atoms. The van der Waals surface area contributed by atoms with Gasteiger partial charge in [0, 0.05) is 5.41 Å². The molecule has 1 nitrogen and oxygen atoms in total. The molecule has 1 aliphatic carbocycles. The van der Waals surface area contributed by atoms with E-state index < -0.39 is 0 Å². The van der Waals surface area contributed by atoms with Gasteiger partial charge in [-0.05, 0) is 31.6 Å². The Labute approximate surface area is 120 Å². The standard InChI is InChI=1S/C9H14O.C9H18/c1-8-5-3-4-6-9(8,2)7-10;1-3-5-7-9-8-6-4-2/h3,5,7-8H,4,6H2,1-2H3;7,9H,3-6,8H2,1-2H3/b;9-7+. The topological polar surface area (TPSA) is 17.1 Å². The molecule has 0 aromatic rings. The van der Waals surface area contributed by atoms with Crippen molar-refractivity contribution < 1.29 is 4.79 Å². The number of aldehydes is 1. The molecule has 0 heterocycles. The van der Waals surface area contributed by atoms with E-state index in [1.54, 1.807) is 0 Å². The average Bonchev–Trinajstić information content (AvgIpc) is 2.43. The Morgan fingerprint density at radius 3 is 2.37 bits per heavy atom. The summed E-state index contributed by atoms with van der Waals surface area (Å²) in [5.74, 6) is 0.416.